The number of piperidine rings is 1. The molecule has 2 aromatic carbocycles. The van der Waals surface area contributed by atoms with E-state index in [1.54, 1.807) is 21.9 Å². The minimum absolute atomic E-state index is 0.0306. The fourth-order valence-electron chi connectivity index (χ4n) is 5.71. The number of amides is 2. The molecule has 2 atom stereocenters. The minimum Gasteiger partial charge on any atom is -0.380 e. The molecule has 0 saturated carbocycles. The molecule has 0 aromatic heterocycles. The van der Waals surface area contributed by atoms with E-state index >= 15 is 0 Å². The third kappa shape index (κ3) is 5.52. The van der Waals surface area contributed by atoms with E-state index in [1.165, 1.54) is 25.1 Å². The number of aliphatic hydroxyl groups is 1. The molecule has 0 spiro atoms. The van der Waals surface area contributed by atoms with Crippen molar-refractivity contribution in [3.63, 3.8) is 0 Å². The number of carbonyl (C=O) groups excluding carboxylic acids is 2. The average molecular weight is 544 g/mol. The molecule has 3 aliphatic rings. The number of nitrogens with zero attached hydrogens (tertiary/aromatic N) is 3. The number of rotatable bonds is 6. The molecule has 0 radical (unpaired) electrons. The number of nitrogens with two attached hydrogens (primary N) is 1. The molecule has 0 bridgehead atoms. The van der Waals surface area contributed by atoms with E-state index in [4.69, 9.17) is 17.3 Å². The number of hydrogen-bond acceptors (Lipinski definition) is 6. The summed E-state index contributed by atoms with van der Waals surface area (Å²) in [5, 5.41) is 14.8. The predicted octanol–water partition coefficient (Wildman–Crippen LogP) is 2.65. The summed E-state index contributed by atoms with van der Waals surface area (Å²) in [7, 11) is 0. The SMILES string of the molecule is C[C@@](O)(C(=O)N1CCC(N2CC(Nc3ccc(C(=O)N4CCC(N)C4)c(Cl)c3)C2)CC1)c1cccc(F)c1. The molecular weight excluding hydrogens is 509 g/mol. The zero-order valence-corrected chi connectivity index (χ0v) is 22.3. The first-order chi connectivity index (χ1) is 18.1. The van der Waals surface area contributed by atoms with Gasteiger partial charge in [-0.15, -0.1) is 0 Å². The third-order valence-electron chi connectivity index (χ3n) is 8.06. The first-order valence-electron chi connectivity index (χ1n) is 13.2. The zero-order chi connectivity index (χ0) is 27.0. The maximum atomic E-state index is 13.6. The summed E-state index contributed by atoms with van der Waals surface area (Å²) in [5.41, 5.74) is 5.81. The maximum Gasteiger partial charge on any atom is 0.258 e. The minimum atomic E-state index is -1.76. The first kappa shape index (κ1) is 26.9. The number of hydrogen-bond donors (Lipinski definition) is 3. The number of halogens is 2. The molecule has 3 saturated heterocycles. The van der Waals surface area contributed by atoms with E-state index in [-0.39, 0.29) is 23.6 Å². The molecule has 2 amide bonds. The number of nitrogens with one attached hydrogen (secondary N) is 1. The second kappa shape index (κ2) is 10.8. The first-order valence-corrected chi connectivity index (χ1v) is 13.6. The predicted molar refractivity (Wildman–Crippen MR) is 145 cm³/mol. The van der Waals surface area contributed by atoms with Gasteiger partial charge in [-0.3, -0.25) is 14.5 Å². The van der Waals surface area contributed by atoms with Crippen LogP contribution >= 0.6 is 11.6 Å². The Morgan fingerprint density at radius 2 is 1.76 bits per heavy atom. The standard InChI is InChI=1S/C28H35ClFN5O3/c1-28(38,18-3-2-4-19(30)13-18)27(37)33-11-8-23(9-12-33)35-16-22(17-35)32-21-5-6-24(25(29)14-21)26(36)34-10-7-20(31)15-34/h2-6,13-14,20,22-23,32,38H,7-12,15-17,31H2,1H3/t20?,28-/m0/s1. The van der Waals surface area contributed by atoms with Gasteiger partial charge in [0.2, 0.25) is 0 Å². The molecule has 3 fully saturated rings. The van der Waals surface area contributed by atoms with Crippen molar-refractivity contribution in [1.82, 2.24) is 14.7 Å². The molecule has 8 nitrogen and oxygen atoms in total. The van der Waals surface area contributed by atoms with Crippen LogP contribution < -0.4 is 11.1 Å². The van der Waals surface area contributed by atoms with Crippen LogP contribution in [0.2, 0.25) is 5.02 Å². The van der Waals surface area contributed by atoms with Crippen LogP contribution in [0.25, 0.3) is 0 Å². The molecule has 3 heterocycles. The Labute approximate surface area is 227 Å². The Hall–Kier alpha value is -2.72. The van der Waals surface area contributed by atoms with Crippen molar-refractivity contribution in [3.05, 3.63) is 64.4 Å². The zero-order valence-electron chi connectivity index (χ0n) is 21.6. The Kier molecular flexibility index (Phi) is 7.64. The molecule has 2 aromatic rings. The average Bonchev–Trinajstić information content (AvgIpc) is 3.31. The van der Waals surface area contributed by atoms with Gasteiger partial charge in [0.15, 0.2) is 5.60 Å². The fraction of sp³-hybridized carbons (Fsp3) is 0.500. The van der Waals surface area contributed by atoms with Gasteiger partial charge < -0.3 is 26.0 Å². The number of anilines is 1. The van der Waals surface area contributed by atoms with E-state index in [2.05, 4.69) is 10.2 Å². The lowest BCUT2D eigenvalue weighted by molar-refractivity contribution is -0.152. The van der Waals surface area contributed by atoms with Crippen LogP contribution in [0.3, 0.4) is 0 Å². The fourth-order valence-corrected chi connectivity index (χ4v) is 5.98. The number of likely N-dealkylation sites (tertiary alicyclic amines) is 3. The summed E-state index contributed by atoms with van der Waals surface area (Å²) < 4.78 is 13.6. The highest BCUT2D eigenvalue weighted by Crippen LogP contribution is 2.30. The molecule has 38 heavy (non-hydrogen) atoms. The maximum absolute atomic E-state index is 13.6. The summed E-state index contributed by atoms with van der Waals surface area (Å²) in [6, 6.07) is 11.7. The second-order valence-electron chi connectivity index (χ2n) is 10.9. The number of benzene rings is 2. The highest BCUT2D eigenvalue weighted by atomic mass is 35.5. The molecule has 10 heteroatoms. The van der Waals surface area contributed by atoms with E-state index in [0.717, 1.165) is 38.0 Å². The third-order valence-corrected chi connectivity index (χ3v) is 8.38. The van der Waals surface area contributed by atoms with Crippen LogP contribution in [0.15, 0.2) is 42.5 Å². The van der Waals surface area contributed by atoms with E-state index < -0.39 is 17.3 Å². The van der Waals surface area contributed by atoms with Gasteiger partial charge in [0.1, 0.15) is 5.82 Å². The van der Waals surface area contributed by atoms with Crippen LogP contribution in [0.1, 0.15) is 42.1 Å². The van der Waals surface area contributed by atoms with Crippen molar-refractivity contribution < 1.29 is 19.1 Å². The van der Waals surface area contributed by atoms with Gasteiger partial charge >= 0.3 is 0 Å². The van der Waals surface area contributed by atoms with Gasteiger partial charge in [0.25, 0.3) is 11.8 Å². The van der Waals surface area contributed by atoms with Crippen molar-refractivity contribution in [2.24, 2.45) is 5.73 Å². The largest absolute Gasteiger partial charge is 0.380 e. The van der Waals surface area contributed by atoms with Crippen molar-refractivity contribution >= 4 is 29.1 Å². The normalized spacial score (nSPS) is 22.7. The lowest BCUT2D eigenvalue weighted by atomic mass is 9.92. The van der Waals surface area contributed by atoms with Crippen LogP contribution in [0.5, 0.6) is 0 Å². The Morgan fingerprint density at radius 1 is 1.05 bits per heavy atom. The van der Waals surface area contributed by atoms with Crippen LogP contribution in [0.4, 0.5) is 10.1 Å². The highest BCUT2D eigenvalue weighted by molar-refractivity contribution is 6.34. The van der Waals surface area contributed by atoms with Crippen molar-refractivity contribution in [2.45, 2.75) is 49.9 Å². The topological polar surface area (TPSA) is 102 Å². The summed E-state index contributed by atoms with van der Waals surface area (Å²) >= 11 is 6.45. The van der Waals surface area contributed by atoms with Gasteiger partial charge in [-0.05, 0) is 62.1 Å². The molecule has 0 aliphatic carbocycles. The second-order valence-corrected chi connectivity index (χ2v) is 11.3. The lowest BCUT2D eigenvalue weighted by Crippen LogP contribution is -2.61. The van der Waals surface area contributed by atoms with E-state index in [1.807, 2.05) is 12.1 Å². The monoisotopic (exact) mass is 543 g/mol. The van der Waals surface area contributed by atoms with Gasteiger partial charge in [0.05, 0.1) is 16.6 Å². The van der Waals surface area contributed by atoms with Crippen LogP contribution in [-0.4, -0.2) is 89.0 Å². The van der Waals surface area contributed by atoms with Gasteiger partial charge in [-0.1, -0.05) is 23.7 Å². The van der Waals surface area contributed by atoms with Crippen molar-refractivity contribution in [3.8, 4) is 0 Å². The molecule has 3 aliphatic heterocycles. The van der Waals surface area contributed by atoms with Crippen molar-refractivity contribution in [1.29, 1.82) is 0 Å². The van der Waals surface area contributed by atoms with Gasteiger partial charge in [-0.2, -0.15) is 0 Å². The molecule has 1 unspecified atom stereocenters. The van der Waals surface area contributed by atoms with Crippen LogP contribution in [0, 0.1) is 5.82 Å². The Morgan fingerprint density at radius 3 is 2.39 bits per heavy atom. The quantitative estimate of drug-likeness (QED) is 0.518. The molecule has 204 valence electrons. The smallest absolute Gasteiger partial charge is 0.258 e. The summed E-state index contributed by atoms with van der Waals surface area (Å²) in [5.74, 6) is -0.947. The van der Waals surface area contributed by atoms with Gasteiger partial charge in [0, 0.05) is 57.0 Å². The Balaban J connectivity index is 1.09. The summed E-state index contributed by atoms with van der Waals surface area (Å²) in [6.45, 7) is 5.51. The lowest BCUT2D eigenvalue weighted by Gasteiger charge is -2.48. The number of carbonyl (C=O) groups is 2. The molecule has 5 rings (SSSR count). The van der Waals surface area contributed by atoms with Crippen molar-refractivity contribution in [2.75, 3.05) is 44.6 Å². The molecule has 4 N–H and O–H groups in total. The van der Waals surface area contributed by atoms with E-state index in [9.17, 15) is 19.1 Å². The highest BCUT2D eigenvalue weighted by Gasteiger charge is 2.40. The Bertz CT molecular complexity index is 1200. The van der Waals surface area contributed by atoms with Gasteiger partial charge in [-0.25, -0.2) is 4.39 Å². The molecular formula is C28H35ClFN5O3. The summed E-state index contributed by atoms with van der Waals surface area (Å²) in [4.78, 5) is 31.6. The van der Waals surface area contributed by atoms with E-state index in [0.29, 0.717) is 42.8 Å². The summed E-state index contributed by atoms with van der Waals surface area (Å²) in [6.07, 6.45) is 2.45. The van der Waals surface area contributed by atoms with Crippen LogP contribution in [-0.2, 0) is 10.4 Å².